The van der Waals surface area contributed by atoms with Crippen LogP contribution in [0.2, 0.25) is 0 Å². The Morgan fingerprint density at radius 2 is 1.74 bits per heavy atom. The average Bonchev–Trinajstić information content (AvgIpc) is 3.02. The standard InChI is InChI=1S/C23H20F5NO5/c1-4-10(2)16(22(32)33)17-11(3)29(15-9-14(24)20(30)19(25)18(15)17)21(31)12-5-7-13(8-6-12)34-23(26,27)28/h5-10,16,30H,4H2,1-3H3,(H,32,33)/t10-,16?/m0/s1. The summed E-state index contributed by atoms with van der Waals surface area (Å²) >= 11 is 0. The van der Waals surface area contributed by atoms with Gasteiger partial charge in [0.1, 0.15) is 5.75 Å². The van der Waals surface area contributed by atoms with E-state index in [1.165, 1.54) is 6.92 Å². The molecule has 2 N–H and O–H groups in total. The van der Waals surface area contributed by atoms with E-state index in [4.69, 9.17) is 0 Å². The molecule has 11 heteroatoms. The number of carboxylic acids is 1. The monoisotopic (exact) mass is 485 g/mol. The lowest BCUT2D eigenvalue weighted by atomic mass is 9.84. The number of phenolic OH excluding ortho intramolecular Hbond substituents is 1. The first kappa shape index (κ1) is 25.0. The molecule has 2 atom stereocenters. The molecule has 0 aliphatic heterocycles. The second kappa shape index (κ2) is 8.96. The number of alkyl halides is 3. The number of fused-ring (bicyclic) bond motifs is 1. The maximum atomic E-state index is 15.0. The van der Waals surface area contributed by atoms with Crippen molar-refractivity contribution < 1.29 is 46.5 Å². The number of aliphatic carboxylic acids is 1. The summed E-state index contributed by atoms with van der Waals surface area (Å²) in [5.74, 6) is -8.66. The number of carbonyl (C=O) groups excluding carboxylic acids is 1. The topological polar surface area (TPSA) is 88.8 Å². The molecule has 2 aromatic carbocycles. The van der Waals surface area contributed by atoms with Crippen LogP contribution in [0.4, 0.5) is 22.0 Å². The van der Waals surface area contributed by atoms with Gasteiger partial charge in [0.15, 0.2) is 17.4 Å². The second-order valence-corrected chi connectivity index (χ2v) is 7.83. The van der Waals surface area contributed by atoms with Gasteiger partial charge in [-0.1, -0.05) is 20.3 Å². The Morgan fingerprint density at radius 3 is 2.24 bits per heavy atom. The van der Waals surface area contributed by atoms with E-state index in [-0.39, 0.29) is 22.3 Å². The number of hydrogen-bond acceptors (Lipinski definition) is 4. The summed E-state index contributed by atoms with van der Waals surface area (Å²) in [7, 11) is 0. The first-order chi connectivity index (χ1) is 15.8. The summed E-state index contributed by atoms with van der Waals surface area (Å²) < 4.78 is 71.2. The maximum Gasteiger partial charge on any atom is 0.573 e. The number of benzene rings is 2. The van der Waals surface area contributed by atoms with Crippen LogP contribution in [0.5, 0.6) is 11.5 Å². The fraction of sp³-hybridized carbons (Fsp3) is 0.304. The highest BCUT2D eigenvalue weighted by Gasteiger charge is 2.35. The third-order valence-corrected chi connectivity index (χ3v) is 5.74. The van der Waals surface area contributed by atoms with E-state index in [9.17, 15) is 37.4 Å². The number of carbonyl (C=O) groups is 2. The highest BCUT2D eigenvalue weighted by atomic mass is 19.4. The van der Waals surface area contributed by atoms with Crippen LogP contribution < -0.4 is 4.74 Å². The molecule has 0 spiro atoms. The minimum atomic E-state index is -4.94. The molecule has 0 saturated carbocycles. The van der Waals surface area contributed by atoms with Gasteiger partial charge in [-0.2, -0.15) is 0 Å². The van der Waals surface area contributed by atoms with Crippen molar-refractivity contribution >= 4 is 22.8 Å². The molecule has 1 unspecified atom stereocenters. The number of phenols is 1. The van der Waals surface area contributed by atoms with E-state index in [0.717, 1.165) is 28.8 Å². The maximum absolute atomic E-state index is 15.0. The SMILES string of the molecule is CC[C@H](C)C(C(=O)O)c1c(C)n(C(=O)c2ccc(OC(F)(F)F)cc2)c2cc(F)c(O)c(F)c12. The fourth-order valence-corrected chi connectivity index (χ4v) is 3.97. The normalized spacial score (nSPS) is 13.6. The molecule has 0 bridgehead atoms. The van der Waals surface area contributed by atoms with Gasteiger partial charge in [-0.25, -0.2) is 8.78 Å². The van der Waals surface area contributed by atoms with Gasteiger partial charge < -0.3 is 14.9 Å². The molecule has 1 heterocycles. The zero-order valence-electron chi connectivity index (χ0n) is 18.2. The van der Waals surface area contributed by atoms with Crippen LogP contribution in [0.3, 0.4) is 0 Å². The molecule has 0 amide bonds. The molecule has 34 heavy (non-hydrogen) atoms. The van der Waals surface area contributed by atoms with Crippen molar-refractivity contribution in [2.24, 2.45) is 5.92 Å². The molecule has 0 aliphatic carbocycles. The quantitative estimate of drug-likeness (QED) is 0.435. The Balaban J connectivity index is 2.27. The van der Waals surface area contributed by atoms with Crippen LogP contribution in [-0.4, -0.2) is 33.0 Å². The number of halogens is 5. The molecular weight excluding hydrogens is 465 g/mol. The third kappa shape index (κ3) is 4.42. The van der Waals surface area contributed by atoms with E-state index in [2.05, 4.69) is 4.74 Å². The summed E-state index contributed by atoms with van der Waals surface area (Å²) in [4.78, 5) is 25.4. The predicted octanol–water partition coefficient (Wildman–Crippen LogP) is 5.73. The van der Waals surface area contributed by atoms with Crippen LogP contribution in [0.1, 0.15) is 47.8 Å². The number of rotatable bonds is 6. The van der Waals surface area contributed by atoms with Gasteiger partial charge in [0.05, 0.1) is 11.4 Å². The minimum absolute atomic E-state index is 0.00721. The van der Waals surface area contributed by atoms with E-state index < -0.39 is 58.6 Å². The lowest BCUT2D eigenvalue weighted by Gasteiger charge is -2.20. The number of ether oxygens (including phenoxy) is 1. The Labute approximate surface area is 190 Å². The molecule has 0 fully saturated rings. The molecule has 0 saturated heterocycles. The van der Waals surface area contributed by atoms with E-state index >= 15 is 4.39 Å². The molecular formula is C23H20F5NO5. The summed E-state index contributed by atoms with van der Waals surface area (Å²) in [5, 5.41) is 19.3. The Hall–Kier alpha value is -3.63. The first-order valence-corrected chi connectivity index (χ1v) is 10.1. The predicted molar refractivity (Wildman–Crippen MR) is 111 cm³/mol. The summed E-state index contributed by atoms with van der Waals surface area (Å²) in [5.41, 5.74) is -0.580. The molecule has 182 valence electrons. The van der Waals surface area contributed by atoms with Gasteiger partial charge in [0, 0.05) is 22.7 Å². The lowest BCUT2D eigenvalue weighted by Crippen LogP contribution is -2.21. The van der Waals surface area contributed by atoms with Gasteiger partial charge in [-0.05, 0) is 42.7 Å². The molecule has 0 aliphatic rings. The van der Waals surface area contributed by atoms with E-state index in [1.807, 2.05) is 0 Å². The summed E-state index contributed by atoms with van der Waals surface area (Å²) in [6, 6.07) is 4.57. The molecule has 3 rings (SSSR count). The van der Waals surface area contributed by atoms with Gasteiger partial charge in [-0.3, -0.25) is 14.2 Å². The van der Waals surface area contributed by atoms with Crippen LogP contribution in [0.25, 0.3) is 10.9 Å². The Kier molecular flexibility index (Phi) is 6.59. The van der Waals surface area contributed by atoms with Crippen molar-refractivity contribution in [1.29, 1.82) is 0 Å². The molecule has 0 radical (unpaired) electrons. The largest absolute Gasteiger partial charge is 0.573 e. The zero-order valence-corrected chi connectivity index (χ0v) is 18.2. The van der Waals surface area contributed by atoms with Gasteiger partial charge in [0.25, 0.3) is 5.91 Å². The number of carboxylic acid groups (broad SMARTS) is 1. The van der Waals surface area contributed by atoms with Crippen LogP contribution in [0, 0.1) is 24.5 Å². The smallest absolute Gasteiger partial charge is 0.503 e. The van der Waals surface area contributed by atoms with Crippen molar-refractivity contribution in [3.63, 3.8) is 0 Å². The molecule has 1 aromatic heterocycles. The fourth-order valence-electron chi connectivity index (χ4n) is 3.97. The Bertz CT molecular complexity index is 1260. The van der Waals surface area contributed by atoms with Crippen molar-refractivity contribution in [2.75, 3.05) is 0 Å². The summed E-state index contributed by atoms with van der Waals surface area (Å²) in [6.07, 6.45) is -4.56. The minimum Gasteiger partial charge on any atom is -0.503 e. The zero-order chi connectivity index (χ0) is 25.5. The number of aromatic nitrogens is 1. The highest BCUT2D eigenvalue weighted by molar-refractivity contribution is 6.05. The number of aromatic hydroxyl groups is 1. The number of hydrogen-bond donors (Lipinski definition) is 2. The van der Waals surface area contributed by atoms with E-state index in [0.29, 0.717) is 12.5 Å². The van der Waals surface area contributed by atoms with Gasteiger partial charge in [0.2, 0.25) is 0 Å². The lowest BCUT2D eigenvalue weighted by molar-refractivity contribution is -0.274. The van der Waals surface area contributed by atoms with Crippen LogP contribution in [-0.2, 0) is 4.79 Å². The molecule has 3 aromatic rings. The first-order valence-electron chi connectivity index (χ1n) is 10.1. The van der Waals surface area contributed by atoms with Gasteiger partial charge in [-0.15, -0.1) is 13.2 Å². The van der Waals surface area contributed by atoms with Crippen molar-refractivity contribution in [3.8, 4) is 11.5 Å². The number of nitrogens with zero attached hydrogens (tertiary/aromatic N) is 1. The summed E-state index contributed by atoms with van der Waals surface area (Å²) in [6.45, 7) is 4.68. The van der Waals surface area contributed by atoms with E-state index in [1.54, 1.807) is 13.8 Å². The van der Waals surface area contributed by atoms with Crippen molar-refractivity contribution in [1.82, 2.24) is 4.57 Å². The van der Waals surface area contributed by atoms with Crippen LogP contribution >= 0.6 is 0 Å². The van der Waals surface area contributed by atoms with Crippen LogP contribution in [0.15, 0.2) is 30.3 Å². The highest BCUT2D eigenvalue weighted by Crippen LogP contribution is 2.41. The average molecular weight is 485 g/mol. The van der Waals surface area contributed by atoms with Crippen molar-refractivity contribution in [3.05, 3.63) is 58.8 Å². The molecule has 6 nitrogen and oxygen atoms in total. The third-order valence-electron chi connectivity index (χ3n) is 5.74. The Morgan fingerprint density at radius 1 is 1.15 bits per heavy atom. The second-order valence-electron chi connectivity index (χ2n) is 7.83. The van der Waals surface area contributed by atoms with Gasteiger partial charge >= 0.3 is 12.3 Å². The van der Waals surface area contributed by atoms with Crippen molar-refractivity contribution in [2.45, 2.75) is 39.5 Å².